The molecule has 0 bridgehead atoms. The highest BCUT2D eigenvalue weighted by molar-refractivity contribution is 5.89. The van der Waals surface area contributed by atoms with Crippen LogP contribution in [0.4, 0.5) is 17.1 Å². The van der Waals surface area contributed by atoms with Gasteiger partial charge in [-0.05, 0) is 109 Å². The minimum absolute atomic E-state index is 1.10. The maximum Gasteiger partial charge on any atom is 0.0467 e. The third kappa shape index (κ3) is 6.65. The van der Waals surface area contributed by atoms with E-state index in [1.54, 1.807) is 0 Å². The van der Waals surface area contributed by atoms with E-state index in [0.29, 0.717) is 0 Å². The molecule has 9 aromatic rings. The fraction of sp³-hybridized carbons (Fsp3) is 0. The zero-order chi connectivity index (χ0) is 35.4. The molecule has 0 aromatic heterocycles. The van der Waals surface area contributed by atoms with Crippen LogP contribution in [0.3, 0.4) is 0 Å². The average Bonchev–Trinajstić information content (AvgIpc) is 3.25. The van der Waals surface area contributed by atoms with Crippen molar-refractivity contribution in [3.63, 3.8) is 0 Å². The molecule has 0 atom stereocenters. The summed E-state index contributed by atoms with van der Waals surface area (Å²) in [5.41, 5.74) is 15.4. The van der Waals surface area contributed by atoms with E-state index >= 15 is 0 Å². The monoisotopic (exact) mass is 675 g/mol. The first-order chi connectivity index (χ1) is 26.3. The molecular formula is C52H37N. The molecule has 0 aliphatic carbocycles. The molecule has 250 valence electrons. The van der Waals surface area contributed by atoms with Gasteiger partial charge in [0.25, 0.3) is 0 Å². The molecule has 0 unspecified atom stereocenters. The molecule has 0 spiro atoms. The minimum atomic E-state index is 1.10. The Balaban J connectivity index is 1.09. The zero-order valence-corrected chi connectivity index (χ0v) is 29.3. The highest BCUT2D eigenvalue weighted by atomic mass is 15.1. The van der Waals surface area contributed by atoms with E-state index in [4.69, 9.17) is 0 Å². The van der Waals surface area contributed by atoms with Crippen molar-refractivity contribution in [3.8, 4) is 55.6 Å². The summed E-state index contributed by atoms with van der Waals surface area (Å²) in [4.78, 5) is 2.36. The Kier molecular flexibility index (Phi) is 8.66. The number of benzene rings is 9. The first kappa shape index (κ1) is 32.0. The maximum absolute atomic E-state index is 2.36. The van der Waals surface area contributed by atoms with Crippen LogP contribution < -0.4 is 4.90 Å². The Morgan fingerprint density at radius 1 is 0.208 bits per heavy atom. The number of hydrogen-bond acceptors (Lipinski definition) is 1. The Morgan fingerprint density at radius 3 is 1.21 bits per heavy atom. The Bertz CT molecular complexity index is 2620. The normalized spacial score (nSPS) is 11.0. The number of hydrogen-bond donors (Lipinski definition) is 0. The Morgan fingerprint density at radius 2 is 0.604 bits per heavy atom. The highest BCUT2D eigenvalue weighted by Gasteiger charge is 2.15. The fourth-order valence-electron chi connectivity index (χ4n) is 7.32. The van der Waals surface area contributed by atoms with Gasteiger partial charge in [0.1, 0.15) is 0 Å². The molecule has 0 amide bonds. The first-order valence-corrected chi connectivity index (χ1v) is 18.2. The van der Waals surface area contributed by atoms with Crippen LogP contribution in [0, 0.1) is 0 Å². The number of anilines is 3. The molecule has 0 saturated carbocycles. The lowest BCUT2D eigenvalue weighted by Crippen LogP contribution is -2.10. The van der Waals surface area contributed by atoms with Crippen molar-refractivity contribution in [1.29, 1.82) is 0 Å². The summed E-state index contributed by atoms with van der Waals surface area (Å²) in [6.45, 7) is 0. The summed E-state index contributed by atoms with van der Waals surface area (Å²) in [6.07, 6.45) is 0. The van der Waals surface area contributed by atoms with Crippen LogP contribution in [-0.4, -0.2) is 0 Å². The van der Waals surface area contributed by atoms with Gasteiger partial charge < -0.3 is 4.90 Å². The van der Waals surface area contributed by atoms with Crippen LogP contribution >= 0.6 is 0 Å². The molecule has 0 heterocycles. The third-order valence-electron chi connectivity index (χ3n) is 10.1. The van der Waals surface area contributed by atoms with Crippen molar-refractivity contribution in [2.24, 2.45) is 0 Å². The third-order valence-corrected chi connectivity index (χ3v) is 10.1. The topological polar surface area (TPSA) is 3.24 Å². The van der Waals surface area contributed by atoms with E-state index in [1.165, 1.54) is 66.4 Å². The smallest absolute Gasteiger partial charge is 0.0467 e. The summed E-state index contributed by atoms with van der Waals surface area (Å²) in [7, 11) is 0. The van der Waals surface area contributed by atoms with Crippen molar-refractivity contribution >= 4 is 27.8 Å². The Labute approximate surface area is 311 Å². The van der Waals surface area contributed by atoms with Crippen LogP contribution in [0.5, 0.6) is 0 Å². The quantitative estimate of drug-likeness (QED) is 0.155. The van der Waals surface area contributed by atoms with Gasteiger partial charge in [-0.25, -0.2) is 0 Å². The van der Waals surface area contributed by atoms with Crippen LogP contribution in [0.2, 0.25) is 0 Å². The molecule has 0 fully saturated rings. The molecule has 0 radical (unpaired) electrons. The second kappa shape index (κ2) is 14.3. The second-order valence-electron chi connectivity index (χ2n) is 13.4. The summed E-state index contributed by atoms with van der Waals surface area (Å²) < 4.78 is 0. The number of nitrogens with zero attached hydrogens (tertiary/aromatic N) is 1. The molecule has 0 aliphatic rings. The number of rotatable bonds is 8. The lowest BCUT2D eigenvalue weighted by Gasteiger charge is -2.26. The predicted octanol–water partition coefficient (Wildman–Crippen LogP) is 14.6. The summed E-state index contributed by atoms with van der Waals surface area (Å²) >= 11 is 0. The lowest BCUT2D eigenvalue weighted by atomic mass is 9.94. The van der Waals surface area contributed by atoms with E-state index in [9.17, 15) is 0 Å². The molecule has 0 aliphatic heterocycles. The molecule has 53 heavy (non-hydrogen) atoms. The summed E-state index contributed by atoms with van der Waals surface area (Å²) in [5.74, 6) is 0. The van der Waals surface area contributed by atoms with E-state index in [-0.39, 0.29) is 0 Å². The van der Waals surface area contributed by atoms with E-state index < -0.39 is 0 Å². The second-order valence-corrected chi connectivity index (χ2v) is 13.4. The van der Waals surface area contributed by atoms with E-state index in [0.717, 1.165) is 17.1 Å². The molecule has 0 saturated heterocycles. The molecule has 9 rings (SSSR count). The fourth-order valence-corrected chi connectivity index (χ4v) is 7.32. The van der Waals surface area contributed by atoms with Gasteiger partial charge in [-0.15, -0.1) is 0 Å². The standard InChI is InChI=1S/C52H37N/c1-3-12-38(13-4-1)40-22-24-41(25-23-40)42-28-32-48(33-29-42)53(50-19-11-18-46(37-50)47-27-26-39-14-7-8-17-45(39)36-47)49-34-30-44(31-35-49)52-21-10-9-20-51(52)43-15-5-2-6-16-43/h1-37H. The summed E-state index contributed by atoms with van der Waals surface area (Å²) in [5, 5.41) is 2.49. The van der Waals surface area contributed by atoms with Crippen molar-refractivity contribution in [2.45, 2.75) is 0 Å². The minimum Gasteiger partial charge on any atom is -0.310 e. The van der Waals surface area contributed by atoms with Crippen molar-refractivity contribution < 1.29 is 0 Å². The van der Waals surface area contributed by atoms with Gasteiger partial charge in [0.2, 0.25) is 0 Å². The van der Waals surface area contributed by atoms with Crippen LogP contribution in [0.1, 0.15) is 0 Å². The first-order valence-electron chi connectivity index (χ1n) is 18.2. The lowest BCUT2D eigenvalue weighted by molar-refractivity contribution is 1.28. The zero-order valence-electron chi connectivity index (χ0n) is 29.3. The van der Waals surface area contributed by atoms with Gasteiger partial charge in [-0.2, -0.15) is 0 Å². The van der Waals surface area contributed by atoms with E-state index in [2.05, 4.69) is 229 Å². The molecule has 9 aromatic carbocycles. The maximum atomic E-state index is 2.36. The van der Waals surface area contributed by atoms with Gasteiger partial charge in [-0.3, -0.25) is 0 Å². The van der Waals surface area contributed by atoms with Crippen LogP contribution in [-0.2, 0) is 0 Å². The van der Waals surface area contributed by atoms with Crippen LogP contribution in [0.25, 0.3) is 66.4 Å². The van der Waals surface area contributed by atoms with Crippen molar-refractivity contribution in [3.05, 3.63) is 224 Å². The van der Waals surface area contributed by atoms with E-state index in [1.807, 2.05) is 0 Å². The molecule has 1 heteroatoms. The van der Waals surface area contributed by atoms with Gasteiger partial charge in [0.15, 0.2) is 0 Å². The van der Waals surface area contributed by atoms with Crippen molar-refractivity contribution in [2.75, 3.05) is 4.90 Å². The van der Waals surface area contributed by atoms with Gasteiger partial charge in [-0.1, -0.05) is 182 Å². The van der Waals surface area contributed by atoms with Gasteiger partial charge in [0, 0.05) is 17.1 Å². The SMILES string of the molecule is c1ccc(-c2ccc(-c3ccc(N(c4ccc(-c5ccccc5-c5ccccc5)cc4)c4cccc(-c5ccc6ccccc6c5)c4)cc3)cc2)cc1. The average molecular weight is 676 g/mol. The molecule has 0 N–H and O–H groups in total. The molecule has 1 nitrogen and oxygen atoms in total. The van der Waals surface area contributed by atoms with Gasteiger partial charge in [0.05, 0.1) is 0 Å². The van der Waals surface area contributed by atoms with Crippen LogP contribution in [0.15, 0.2) is 224 Å². The largest absolute Gasteiger partial charge is 0.310 e. The predicted molar refractivity (Wildman–Crippen MR) is 226 cm³/mol. The summed E-state index contributed by atoms with van der Waals surface area (Å²) in [6, 6.07) is 80.8. The van der Waals surface area contributed by atoms with Crippen molar-refractivity contribution in [1.82, 2.24) is 0 Å². The number of fused-ring (bicyclic) bond motifs is 1. The van der Waals surface area contributed by atoms with Gasteiger partial charge >= 0.3 is 0 Å². The molecular weight excluding hydrogens is 639 g/mol. The Hall–Kier alpha value is -6.96. The highest BCUT2D eigenvalue weighted by Crippen LogP contribution is 2.40.